The SMILES string of the molecule is O=C(O)CN(Cc1ccc([N+](=O)[O-])cc1)S(=O)(=O)c1cccs1. The fourth-order valence-corrected chi connectivity index (χ4v) is 4.36. The van der Waals surface area contributed by atoms with Crippen LogP contribution < -0.4 is 0 Å². The highest BCUT2D eigenvalue weighted by Gasteiger charge is 2.27. The van der Waals surface area contributed by atoms with E-state index >= 15 is 0 Å². The number of nitro benzene ring substituents is 1. The van der Waals surface area contributed by atoms with Crippen molar-refractivity contribution in [3.63, 3.8) is 0 Å². The number of thiophene rings is 1. The molecule has 0 aliphatic heterocycles. The van der Waals surface area contributed by atoms with Crippen LogP contribution in [0.4, 0.5) is 5.69 Å². The molecule has 0 spiro atoms. The summed E-state index contributed by atoms with van der Waals surface area (Å²) in [6, 6.07) is 8.24. The van der Waals surface area contributed by atoms with Crippen LogP contribution in [0.3, 0.4) is 0 Å². The van der Waals surface area contributed by atoms with Crippen molar-refractivity contribution in [3.8, 4) is 0 Å². The number of hydrogen-bond acceptors (Lipinski definition) is 6. The molecule has 0 aliphatic rings. The maximum Gasteiger partial charge on any atom is 0.318 e. The maximum absolute atomic E-state index is 12.5. The van der Waals surface area contributed by atoms with E-state index in [2.05, 4.69) is 0 Å². The van der Waals surface area contributed by atoms with Gasteiger partial charge in [0.1, 0.15) is 10.8 Å². The van der Waals surface area contributed by atoms with Crippen LogP contribution in [0.5, 0.6) is 0 Å². The van der Waals surface area contributed by atoms with Gasteiger partial charge in [-0.1, -0.05) is 18.2 Å². The quantitative estimate of drug-likeness (QED) is 0.598. The second-order valence-corrected chi connectivity index (χ2v) is 7.63. The molecule has 0 amide bonds. The lowest BCUT2D eigenvalue weighted by Crippen LogP contribution is -2.34. The number of aliphatic carboxylic acids is 1. The van der Waals surface area contributed by atoms with Crippen molar-refractivity contribution in [3.05, 3.63) is 57.5 Å². The van der Waals surface area contributed by atoms with Gasteiger partial charge in [0.05, 0.1) is 4.92 Å². The van der Waals surface area contributed by atoms with Crippen molar-refractivity contribution >= 4 is 33.0 Å². The molecule has 1 heterocycles. The van der Waals surface area contributed by atoms with Gasteiger partial charge in [-0.15, -0.1) is 11.3 Å². The molecule has 10 heteroatoms. The summed E-state index contributed by atoms with van der Waals surface area (Å²) in [5, 5.41) is 21.1. The lowest BCUT2D eigenvalue weighted by atomic mass is 10.2. The average molecular weight is 356 g/mol. The number of benzene rings is 1. The minimum atomic E-state index is -3.94. The molecule has 0 saturated heterocycles. The van der Waals surface area contributed by atoms with Gasteiger partial charge in [-0.2, -0.15) is 4.31 Å². The molecule has 2 aromatic rings. The summed E-state index contributed by atoms with van der Waals surface area (Å²) in [6.07, 6.45) is 0. The lowest BCUT2D eigenvalue weighted by molar-refractivity contribution is -0.384. The smallest absolute Gasteiger partial charge is 0.318 e. The van der Waals surface area contributed by atoms with Gasteiger partial charge >= 0.3 is 5.97 Å². The zero-order valence-corrected chi connectivity index (χ0v) is 13.3. The zero-order valence-electron chi connectivity index (χ0n) is 11.7. The molecule has 23 heavy (non-hydrogen) atoms. The summed E-state index contributed by atoms with van der Waals surface area (Å²) < 4.78 is 25.8. The van der Waals surface area contributed by atoms with Gasteiger partial charge in [0, 0.05) is 18.7 Å². The number of sulfonamides is 1. The molecule has 8 nitrogen and oxygen atoms in total. The Hall–Kier alpha value is -2.30. The number of nitro groups is 1. The Morgan fingerprint density at radius 1 is 1.26 bits per heavy atom. The van der Waals surface area contributed by atoms with Crippen LogP contribution in [0.2, 0.25) is 0 Å². The highest BCUT2D eigenvalue weighted by atomic mass is 32.2. The molecule has 0 fully saturated rings. The first-order valence-corrected chi connectivity index (χ1v) is 8.61. The molecular formula is C13H12N2O6S2. The lowest BCUT2D eigenvalue weighted by Gasteiger charge is -2.19. The molecular weight excluding hydrogens is 344 g/mol. The summed E-state index contributed by atoms with van der Waals surface area (Å²) >= 11 is 0.990. The van der Waals surface area contributed by atoms with Crippen LogP contribution in [0.15, 0.2) is 46.0 Å². The Morgan fingerprint density at radius 3 is 2.39 bits per heavy atom. The third-order valence-corrected chi connectivity index (χ3v) is 6.07. The Kier molecular flexibility index (Phi) is 5.08. The highest BCUT2D eigenvalue weighted by Crippen LogP contribution is 2.23. The number of carboxylic acids is 1. The molecule has 0 atom stereocenters. The van der Waals surface area contributed by atoms with Crippen LogP contribution >= 0.6 is 11.3 Å². The number of non-ortho nitro benzene ring substituents is 1. The highest BCUT2D eigenvalue weighted by molar-refractivity contribution is 7.91. The van der Waals surface area contributed by atoms with Gasteiger partial charge in [0.25, 0.3) is 15.7 Å². The summed E-state index contributed by atoms with van der Waals surface area (Å²) in [5.41, 5.74) is 0.330. The van der Waals surface area contributed by atoms with Gasteiger partial charge < -0.3 is 5.11 Å². The second-order valence-electron chi connectivity index (χ2n) is 4.52. The van der Waals surface area contributed by atoms with Gasteiger partial charge in [0.2, 0.25) is 0 Å². The van der Waals surface area contributed by atoms with Gasteiger partial charge in [0.15, 0.2) is 0 Å². The van der Waals surface area contributed by atoms with Crippen LogP contribution in [-0.4, -0.2) is 35.3 Å². The molecule has 0 radical (unpaired) electrons. The molecule has 122 valence electrons. The number of carboxylic acid groups (broad SMARTS) is 1. The van der Waals surface area contributed by atoms with E-state index in [1.165, 1.54) is 30.3 Å². The summed E-state index contributed by atoms with van der Waals surface area (Å²) in [5.74, 6) is -1.29. The molecule has 0 aliphatic carbocycles. The molecule has 1 aromatic carbocycles. The fraction of sp³-hybridized carbons (Fsp3) is 0.154. The van der Waals surface area contributed by atoms with Crippen molar-refractivity contribution in [2.45, 2.75) is 10.8 Å². The molecule has 0 saturated carbocycles. The van der Waals surface area contributed by atoms with Crippen molar-refractivity contribution in [1.29, 1.82) is 0 Å². The van der Waals surface area contributed by atoms with Crippen LogP contribution in [0.1, 0.15) is 5.56 Å². The summed E-state index contributed by atoms with van der Waals surface area (Å²) in [6.45, 7) is -0.887. The van der Waals surface area contributed by atoms with E-state index < -0.39 is 27.5 Å². The first-order valence-electron chi connectivity index (χ1n) is 6.29. The van der Waals surface area contributed by atoms with Crippen molar-refractivity contribution in [2.24, 2.45) is 0 Å². The fourth-order valence-electron chi connectivity index (χ4n) is 1.84. The number of carbonyl (C=O) groups is 1. The van der Waals surface area contributed by atoms with Gasteiger partial charge in [-0.25, -0.2) is 8.42 Å². The Balaban J connectivity index is 2.29. The molecule has 2 rings (SSSR count). The van der Waals surface area contributed by atoms with E-state index in [9.17, 15) is 23.3 Å². The second kappa shape index (κ2) is 6.86. The molecule has 1 N–H and O–H groups in total. The molecule has 1 aromatic heterocycles. The minimum Gasteiger partial charge on any atom is -0.480 e. The molecule has 0 bridgehead atoms. The van der Waals surface area contributed by atoms with Gasteiger partial charge in [-0.05, 0) is 17.0 Å². The number of nitrogens with zero attached hydrogens (tertiary/aromatic N) is 2. The first-order chi connectivity index (χ1) is 10.8. The summed E-state index contributed by atoms with van der Waals surface area (Å²) in [7, 11) is -3.94. The normalized spacial score (nSPS) is 11.5. The van der Waals surface area contributed by atoms with E-state index in [0.29, 0.717) is 5.56 Å². The largest absolute Gasteiger partial charge is 0.480 e. The van der Waals surface area contributed by atoms with Crippen LogP contribution in [0, 0.1) is 10.1 Å². The van der Waals surface area contributed by atoms with Crippen LogP contribution in [0.25, 0.3) is 0 Å². The van der Waals surface area contributed by atoms with Crippen molar-refractivity contribution in [1.82, 2.24) is 4.31 Å². The Labute approximate surface area is 135 Å². The van der Waals surface area contributed by atoms with E-state index in [1.807, 2.05) is 0 Å². The minimum absolute atomic E-state index is 0.0423. The Bertz CT molecular complexity index is 800. The van der Waals surface area contributed by atoms with Crippen LogP contribution in [-0.2, 0) is 21.4 Å². The zero-order chi connectivity index (χ0) is 17.0. The monoisotopic (exact) mass is 356 g/mol. The third kappa shape index (κ3) is 4.12. The predicted molar refractivity (Wildman–Crippen MR) is 82.6 cm³/mol. The topological polar surface area (TPSA) is 118 Å². The van der Waals surface area contributed by atoms with E-state index in [0.717, 1.165) is 15.6 Å². The van der Waals surface area contributed by atoms with Crippen molar-refractivity contribution in [2.75, 3.05) is 6.54 Å². The van der Waals surface area contributed by atoms with E-state index in [4.69, 9.17) is 5.11 Å². The Morgan fingerprint density at radius 2 is 1.91 bits per heavy atom. The standard InChI is InChI=1S/C13H12N2O6S2/c16-12(17)9-14(23(20,21)13-2-1-7-22-13)8-10-3-5-11(6-4-10)15(18)19/h1-7H,8-9H2,(H,16,17). The van der Waals surface area contributed by atoms with E-state index in [-0.39, 0.29) is 16.4 Å². The predicted octanol–water partition coefficient (Wildman–Crippen LogP) is 1.93. The third-order valence-electron chi connectivity index (χ3n) is 2.91. The van der Waals surface area contributed by atoms with Crippen molar-refractivity contribution < 1.29 is 23.2 Å². The number of rotatable bonds is 7. The first kappa shape index (κ1) is 17.1. The number of hydrogen-bond donors (Lipinski definition) is 1. The maximum atomic E-state index is 12.5. The van der Waals surface area contributed by atoms with E-state index in [1.54, 1.807) is 11.4 Å². The summed E-state index contributed by atoms with van der Waals surface area (Å²) in [4.78, 5) is 21.0. The molecule has 0 unspecified atom stereocenters. The van der Waals surface area contributed by atoms with Gasteiger partial charge in [-0.3, -0.25) is 14.9 Å². The average Bonchev–Trinajstić information content (AvgIpc) is 3.01.